The van der Waals surface area contributed by atoms with Gasteiger partial charge in [-0.2, -0.15) is 0 Å². The van der Waals surface area contributed by atoms with Crippen molar-refractivity contribution in [1.82, 2.24) is 4.98 Å². The molecule has 0 fully saturated rings. The molecule has 1 rings (SSSR count). The third-order valence-corrected chi connectivity index (χ3v) is 2.42. The molecule has 0 unspecified atom stereocenters. The van der Waals surface area contributed by atoms with Gasteiger partial charge < -0.3 is 10.0 Å². The van der Waals surface area contributed by atoms with E-state index in [0.29, 0.717) is 0 Å². The predicted octanol–water partition coefficient (Wildman–Crippen LogP) is 1.68. The van der Waals surface area contributed by atoms with Crippen LogP contribution in [0.2, 0.25) is 0 Å². The van der Waals surface area contributed by atoms with Gasteiger partial charge in [-0.15, -0.1) is 0 Å². The first-order valence-corrected chi connectivity index (χ1v) is 5.51. The Morgan fingerprint density at radius 1 is 1.61 bits per heavy atom. The highest BCUT2D eigenvalue weighted by molar-refractivity contribution is 5.68. The maximum absolute atomic E-state index is 10.9. The van der Waals surface area contributed by atoms with Crippen molar-refractivity contribution < 1.29 is 14.8 Å². The van der Waals surface area contributed by atoms with Crippen molar-refractivity contribution in [3.05, 3.63) is 28.4 Å². The Hall–Kier alpha value is -2.18. The molecule has 0 atom stereocenters. The number of rotatable bonds is 6. The molecule has 0 aliphatic carbocycles. The number of pyridine rings is 1. The summed E-state index contributed by atoms with van der Waals surface area (Å²) < 4.78 is 0. The fourth-order valence-corrected chi connectivity index (χ4v) is 1.58. The zero-order valence-corrected chi connectivity index (χ0v) is 10.2. The van der Waals surface area contributed by atoms with Crippen LogP contribution in [0.15, 0.2) is 18.3 Å². The maximum atomic E-state index is 10.9. The summed E-state index contributed by atoms with van der Waals surface area (Å²) in [4.78, 5) is 26.6. The van der Waals surface area contributed by atoms with E-state index in [-0.39, 0.29) is 30.5 Å². The molecule has 0 amide bonds. The molecule has 1 N–H and O–H groups in total. The van der Waals surface area contributed by atoms with Gasteiger partial charge in [0.1, 0.15) is 0 Å². The van der Waals surface area contributed by atoms with Gasteiger partial charge in [0.15, 0.2) is 0 Å². The molecule has 0 saturated carbocycles. The van der Waals surface area contributed by atoms with Crippen molar-refractivity contribution in [3.8, 4) is 0 Å². The number of nitro groups is 1. The quantitative estimate of drug-likeness (QED) is 0.612. The van der Waals surface area contributed by atoms with E-state index >= 15 is 0 Å². The minimum Gasteiger partial charge on any atom is -0.481 e. The minimum absolute atomic E-state index is 0.0713. The summed E-state index contributed by atoms with van der Waals surface area (Å²) in [6.45, 7) is 3.85. The number of carboxylic acids is 1. The summed E-state index contributed by atoms with van der Waals surface area (Å²) >= 11 is 0. The standard InChI is InChI=1S/C11H15N3O4/c1-8(2)13(7-5-10(15)16)11-9(14(17)18)4-3-6-12-11/h3-4,6,8H,5,7H2,1-2H3,(H,15,16). The van der Waals surface area contributed by atoms with Crippen molar-refractivity contribution in [3.63, 3.8) is 0 Å². The highest BCUT2D eigenvalue weighted by Crippen LogP contribution is 2.26. The highest BCUT2D eigenvalue weighted by Gasteiger charge is 2.22. The maximum Gasteiger partial charge on any atom is 0.311 e. The SMILES string of the molecule is CC(C)N(CCC(=O)O)c1ncccc1[N+](=O)[O-]. The third-order valence-electron chi connectivity index (χ3n) is 2.42. The van der Waals surface area contributed by atoms with E-state index in [4.69, 9.17) is 5.11 Å². The van der Waals surface area contributed by atoms with Gasteiger partial charge in [0.2, 0.25) is 5.82 Å². The smallest absolute Gasteiger partial charge is 0.311 e. The number of aliphatic carboxylic acids is 1. The molecular weight excluding hydrogens is 238 g/mol. The molecule has 0 saturated heterocycles. The number of nitrogens with zero attached hydrogens (tertiary/aromatic N) is 3. The number of hydrogen-bond acceptors (Lipinski definition) is 5. The van der Waals surface area contributed by atoms with Gasteiger partial charge in [-0.1, -0.05) is 0 Å². The number of anilines is 1. The van der Waals surface area contributed by atoms with Gasteiger partial charge in [0.05, 0.1) is 11.3 Å². The van der Waals surface area contributed by atoms with E-state index in [2.05, 4.69) is 4.98 Å². The van der Waals surface area contributed by atoms with Gasteiger partial charge in [-0.3, -0.25) is 14.9 Å². The molecule has 98 valence electrons. The molecule has 1 heterocycles. The molecular formula is C11H15N3O4. The molecule has 0 radical (unpaired) electrons. The van der Waals surface area contributed by atoms with E-state index in [1.807, 2.05) is 13.8 Å². The summed E-state index contributed by atoms with van der Waals surface area (Å²) in [6.07, 6.45) is 1.37. The van der Waals surface area contributed by atoms with Gasteiger partial charge in [0, 0.05) is 24.8 Å². The van der Waals surface area contributed by atoms with Crippen LogP contribution in [0.5, 0.6) is 0 Å². The van der Waals surface area contributed by atoms with Crippen molar-refractivity contribution in [2.45, 2.75) is 26.3 Å². The minimum atomic E-state index is -0.945. The summed E-state index contributed by atoms with van der Waals surface area (Å²) in [7, 11) is 0. The summed E-state index contributed by atoms with van der Waals surface area (Å²) in [6, 6.07) is 2.77. The first kappa shape index (κ1) is 13.9. The van der Waals surface area contributed by atoms with E-state index in [0.717, 1.165) is 0 Å². The summed E-state index contributed by atoms with van der Waals surface area (Å²) in [5, 5.41) is 19.6. The van der Waals surface area contributed by atoms with Crippen LogP contribution in [-0.4, -0.2) is 33.6 Å². The van der Waals surface area contributed by atoms with Gasteiger partial charge in [0.25, 0.3) is 0 Å². The average Bonchev–Trinajstić information content (AvgIpc) is 2.28. The zero-order chi connectivity index (χ0) is 13.7. The van der Waals surface area contributed by atoms with Crippen molar-refractivity contribution >= 4 is 17.5 Å². The second kappa shape index (κ2) is 5.95. The van der Waals surface area contributed by atoms with Crippen molar-refractivity contribution in [2.24, 2.45) is 0 Å². The summed E-state index contributed by atoms with van der Waals surface area (Å²) in [5.74, 6) is -0.738. The highest BCUT2D eigenvalue weighted by atomic mass is 16.6. The fourth-order valence-electron chi connectivity index (χ4n) is 1.58. The molecule has 18 heavy (non-hydrogen) atoms. The predicted molar refractivity (Wildman–Crippen MR) is 65.6 cm³/mol. The van der Waals surface area contributed by atoms with Crippen LogP contribution in [-0.2, 0) is 4.79 Å². The van der Waals surface area contributed by atoms with Crippen molar-refractivity contribution in [1.29, 1.82) is 0 Å². The van der Waals surface area contributed by atoms with Crippen LogP contribution < -0.4 is 4.90 Å². The third kappa shape index (κ3) is 3.41. The number of hydrogen-bond donors (Lipinski definition) is 1. The normalized spacial score (nSPS) is 10.4. The van der Waals surface area contributed by atoms with Crippen LogP contribution in [0.3, 0.4) is 0 Å². The lowest BCUT2D eigenvalue weighted by Crippen LogP contribution is -2.34. The first-order chi connectivity index (χ1) is 8.43. The van der Waals surface area contributed by atoms with Crippen LogP contribution in [0.25, 0.3) is 0 Å². The van der Waals surface area contributed by atoms with E-state index < -0.39 is 10.9 Å². The molecule has 7 heteroatoms. The molecule has 1 aromatic heterocycles. The Bertz CT molecular complexity index is 448. The lowest BCUT2D eigenvalue weighted by Gasteiger charge is -2.26. The average molecular weight is 253 g/mol. The molecule has 0 aliphatic rings. The second-order valence-electron chi connectivity index (χ2n) is 4.03. The van der Waals surface area contributed by atoms with Gasteiger partial charge in [-0.05, 0) is 19.9 Å². The Balaban J connectivity index is 3.05. The molecule has 7 nitrogen and oxygen atoms in total. The topological polar surface area (TPSA) is 96.6 Å². The molecule has 0 aromatic carbocycles. The Kier molecular flexibility index (Phi) is 4.59. The zero-order valence-electron chi connectivity index (χ0n) is 10.2. The molecule has 0 aliphatic heterocycles. The lowest BCUT2D eigenvalue weighted by molar-refractivity contribution is -0.384. The van der Waals surface area contributed by atoms with E-state index in [1.54, 1.807) is 4.90 Å². The molecule has 0 bridgehead atoms. The fraction of sp³-hybridized carbons (Fsp3) is 0.455. The van der Waals surface area contributed by atoms with E-state index in [9.17, 15) is 14.9 Å². The van der Waals surface area contributed by atoms with Crippen LogP contribution >= 0.6 is 0 Å². The summed E-state index contributed by atoms with van der Waals surface area (Å²) in [5.41, 5.74) is -0.114. The Morgan fingerprint density at radius 3 is 2.78 bits per heavy atom. The van der Waals surface area contributed by atoms with Gasteiger partial charge >= 0.3 is 11.7 Å². The molecule has 1 aromatic rings. The van der Waals surface area contributed by atoms with Crippen LogP contribution in [0, 0.1) is 10.1 Å². The second-order valence-corrected chi connectivity index (χ2v) is 4.03. The van der Waals surface area contributed by atoms with Gasteiger partial charge in [-0.25, -0.2) is 4.98 Å². The molecule has 0 spiro atoms. The Labute approximate surface area is 104 Å². The largest absolute Gasteiger partial charge is 0.481 e. The number of aromatic nitrogens is 1. The van der Waals surface area contributed by atoms with Crippen LogP contribution in [0.4, 0.5) is 11.5 Å². The van der Waals surface area contributed by atoms with Crippen molar-refractivity contribution in [2.75, 3.05) is 11.4 Å². The van der Waals surface area contributed by atoms with Crippen LogP contribution in [0.1, 0.15) is 20.3 Å². The monoisotopic (exact) mass is 253 g/mol. The van der Waals surface area contributed by atoms with E-state index in [1.165, 1.54) is 18.3 Å². The lowest BCUT2D eigenvalue weighted by atomic mass is 10.2. The number of carbonyl (C=O) groups is 1. The number of carboxylic acid groups (broad SMARTS) is 1. The first-order valence-electron chi connectivity index (χ1n) is 5.51. The Morgan fingerprint density at radius 2 is 2.28 bits per heavy atom.